The van der Waals surface area contributed by atoms with Crippen molar-refractivity contribution in [1.82, 2.24) is 35.3 Å². The van der Waals surface area contributed by atoms with Crippen LogP contribution in [0.3, 0.4) is 0 Å². The van der Waals surface area contributed by atoms with E-state index in [-0.39, 0.29) is 47.2 Å². The number of nitrogens with one attached hydrogen (secondary N) is 3. The molecule has 0 aliphatic carbocycles. The van der Waals surface area contributed by atoms with Crippen LogP contribution in [0.4, 0.5) is 31.8 Å². The van der Waals surface area contributed by atoms with Crippen molar-refractivity contribution in [3.8, 4) is 0 Å². The summed E-state index contributed by atoms with van der Waals surface area (Å²) in [6.07, 6.45) is 8.76. The first-order valence-electron chi connectivity index (χ1n) is 24.0. The van der Waals surface area contributed by atoms with E-state index in [4.69, 9.17) is 4.98 Å². The highest BCUT2D eigenvalue weighted by Gasteiger charge is 2.45. The van der Waals surface area contributed by atoms with E-state index in [1.54, 1.807) is 16.1 Å². The fraction of sp³-hybridized carbons (Fsp3) is 0.592. The molecule has 2 spiro atoms. The van der Waals surface area contributed by atoms with E-state index in [2.05, 4.69) is 60.4 Å². The number of halogens is 2. The number of amides is 4. The number of fused-ring (bicyclic) bond motifs is 1. The molecule has 66 heavy (non-hydrogen) atoms. The number of carbonyl (C=O) groups is 4. The number of hydrogen-bond acceptors (Lipinski definition) is 12. The Balaban J connectivity index is 0.696. The zero-order chi connectivity index (χ0) is 45.8. The van der Waals surface area contributed by atoms with Crippen LogP contribution in [0.5, 0.6) is 0 Å². The summed E-state index contributed by atoms with van der Waals surface area (Å²) in [4.78, 5) is 72.7. The third kappa shape index (κ3) is 9.04. The van der Waals surface area contributed by atoms with Gasteiger partial charge in [0.1, 0.15) is 35.6 Å². The van der Waals surface area contributed by atoms with Gasteiger partial charge in [-0.25, -0.2) is 18.7 Å². The third-order valence-corrected chi connectivity index (χ3v) is 15.8. The average molecular weight is 908 g/mol. The van der Waals surface area contributed by atoms with Crippen LogP contribution in [0.15, 0.2) is 42.7 Å². The Hall–Kier alpha value is -5.42. The van der Waals surface area contributed by atoms with Crippen LogP contribution < -0.4 is 30.7 Å². The average Bonchev–Trinajstić information content (AvgIpc) is 4.01. The number of benzene rings is 2. The van der Waals surface area contributed by atoms with Gasteiger partial charge in [-0.3, -0.25) is 29.4 Å². The molecule has 17 heteroatoms. The summed E-state index contributed by atoms with van der Waals surface area (Å²) < 4.78 is 31.3. The summed E-state index contributed by atoms with van der Waals surface area (Å²) in [6.45, 7) is 14.3. The van der Waals surface area contributed by atoms with Crippen molar-refractivity contribution >= 4 is 46.6 Å². The molecule has 1 aromatic heterocycles. The number of piperidine rings is 3. The fourth-order valence-electron chi connectivity index (χ4n) is 11.7. The van der Waals surface area contributed by atoms with Gasteiger partial charge in [-0.2, -0.15) is 0 Å². The van der Waals surface area contributed by atoms with Gasteiger partial charge >= 0.3 is 0 Å². The maximum absolute atomic E-state index is 15.8. The minimum absolute atomic E-state index is 0.0141. The molecule has 7 aliphatic heterocycles. The van der Waals surface area contributed by atoms with Gasteiger partial charge in [-0.1, -0.05) is 19.9 Å². The van der Waals surface area contributed by atoms with Crippen molar-refractivity contribution in [2.45, 2.75) is 96.3 Å². The molecule has 10 rings (SSSR count). The largest absolute Gasteiger partial charge is 0.385 e. The van der Waals surface area contributed by atoms with Gasteiger partial charge in [0.05, 0.1) is 17.8 Å². The first kappa shape index (κ1) is 44.4. The van der Waals surface area contributed by atoms with E-state index in [1.165, 1.54) is 12.1 Å². The standard InChI is InChI=1S/C49H63F2N11O4/c1-47(2)9-17-57(18-10-47)26-33-23-37(51)40(24-36(33)50)61-28-44(64)56-49(31-61)13-21-59(22-14-49)41-25-42(54-32-53-41)60-20-12-48(30-60)11-19-58(29-48)16-4-15-52-38-6-3-5-34-35(38)27-62(46(34)66)39-7-8-43(63)55-45(39)65/h3,5-6,23-25,32,39,52H,4,7-22,26-31H2,1-2H3,(H,56,64)(H,55,63,65)/t39?,48-/m1/s1. The summed E-state index contributed by atoms with van der Waals surface area (Å²) >= 11 is 0. The Morgan fingerprint density at radius 3 is 2.30 bits per heavy atom. The highest BCUT2D eigenvalue weighted by Crippen LogP contribution is 2.42. The lowest BCUT2D eigenvalue weighted by molar-refractivity contribution is -0.137. The summed E-state index contributed by atoms with van der Waals surface area (Å²) in [7, 11) is 0. The molecule has 0 saturated carbocycles. The molecule has 3 aromatic rings. The second-order valence-corrected chi connectivity index (χ2v) is 21.0. The van der Waals surface area contributed by atoms with Gasteiger partial charge in [0.15, 0.2) is 0 Å². The van der Waals surface area contributed by atoms with Crippen LogP contribution in [0.25, 0.3) is 0 Å². The fourth-order valence-corrected chi connectivity index (χ4v) is 11.7. The Morgan fingerprint density at radius 1 is 0.773 bits per heavy atom. The van der Waals surface area contributed by atoms with Crippen molar-refractivity contribution in [3.05, 3.63) is 71.1 Å². The van der Waals surface area contributed by atoms with E-state index < -0.39 is 29.1 Å². The van der Waals surface area contributed by atoms with Crippen molar-refractivity contribution in [2.24, 2.45) is 10.8 Å². The molecule has 15 nitrogen and oxygen atoms in total. The number of aromatic nitrogens is 2. The number of likely N-dealkylation sites (tertiary alicyclic amines) is 2. The Kier molecular flexibility index (Phi) is 11.9. The lowest BCUT2D eigenvalue weighted by Gasteiger charge is -2.48. The molecule has 8 heterocycles. The second-order valence-electron chi connectivity index (χ2n) is 21.0. The molecule has 1 unspecified atom stereocenters. The van der Waals surface area contributed by atoms with Gasteiger partial charge in [0.2, 0.25) is 17.7 Å². The zero-order valence-corrected chi connectivity index (χ0v) is 38.3. The van der Waals surface area contributed by atoms with Crippen LogP contribution in [-0.2, 0) is 27.5 Å². The van der Waals surface area contributed by atoms with Gasteiger partial charge in [0.25, 0.3) is 5.91 Å². The lowest BCUT2D eigenvalue weighted by atomic mass is 9.82. The number of nitrogens with zero attached hydrogens (tertiary/aromatic N) is 8. The molecule has 2 aromatic carbocycles. The Morgan fingerprint density at radius 2 is 1.52 bits per heavy atom. The highest BCUT2D eigenvalue weighted by atomic mass is 19.1. The number of rotatable bonds is 11. The topological polar surface area (TPSA) is 150 Å². The number of carbonyl (C=O) groups excluding carboxylic acids is 4. The van der Waals surface area contributed by atoms with Crippen LogP contribution in [0.1, 0.15) is 93.1 Å². The summed E-state index contributed by atoms with van der Waals surface area (Å²) in [5, 5.41) is 9.17. The van der Waals surface area contributed by atoms with E-state index >= 15 is 8.78 Å². The predicted octanol–water partition coefficient (Wildman–Crippen LogP) is 4.52. The van der Waals surface area contributed by atoms with E-state index in [0.29, 0.717) is 63.1 Å². The molecular formula is C49H63F2N11O4. The highest BCUT2D eigenvalue weighted by molar-refractivity contribution is 6.06. The first-order chi connectivity index (χ1) is 31.7. The number of anilines is 4. The van der Waals surface area contributed by atoms with E-state index in [9.17, 15) is 19.2 Å². The van der Waals surface area contributed by atoms with Crippen LogP contribution in [-0.4, -0.2) is 138 Å². The maximum Gasteiger partial charge on any atom is 0.255 e. The molecule has 3 N–H and O–H groups in total. The molecule has 352 valence electrons. The van der Waals surface area contributed by atoms with Crippen molar-refractivity contribution in [1.29, 1.82) is 0 Å². The van der Waals surface area contributed by atoms with Crippen molar-refractivity contribution in [3.63, 3.8) is 0 Å². The molecule has 4 amide bonds. The SMILES string of the molecule is CC1(C)CCN(Cc2cc(F)c(N3CC(=O)NC4(CCN(c5cc(N6CC[C@@]7(CCN(CCCNc8cccc9c8CN(C8CCC(=O)NC8=O)C9=O)C7)C6)ncn5)CC4)C3)cc2F)CC1. The molecule has 2 atom stereocenters. The van der Waals surface area contributed by atoms with E-state index in [0.717, 1.165) is 107 Å². The molecule has 0 bridgehead atoms. The number of piperazine rings is 1. The first-order valence-corrected chi connectivity index (χ1v) is 24.0. The second kappa shape index (κ2) is 17.7. The third-order valence-electron chi connectivity index (χ3n) is 15.8. The summed E-state index contributed by atoms with van der Waals surface area (Å²) in [5.41, 5.74) is 2.86. The predicted molar refractivity (Wildman–Crippen MR) is 247 cm³/mol. The number of hydrogen-bond donors (Lipinski definition) is 3. The zero-order valence-electron chi connectivity index (χ0n) is 38.3. The van der Waals surface area contributed by atoms with Crippen LogP contribution >= 0.6 is 0 Å². The van der Waals surface area contributed by atoms with Gasteiger partial charge in [-0.15, -0.1) is 0 Å². The normalized spacial score (nSPS) is 25.5. The van der Waals surface area contributed by atoms with Crippen molar-refractivity contribution < 1.29 is 28.0 Å². The minimum atomic E-state index is -0.632. The Labute approximate surface area is 385 Å². The van der Waals surface area contributed by atoms with Crippen LogP contribution in [0, 0.1) is 22.5 Å². The van der Waals surface area contributed by atoms with Crippen LogP contribution in [0.2, 0.25) is 0 Å². The monoisotopic (exact) mass is 908 g/mol. The summed E-state index contributed by atoms with van der Waals surface area (Å²) in [6, 6.07) is 9.76. The molecule has 6 fully saturated rings. The maximum atomic E-state index is 15.8. The van der Waals surface area contributed by atoms with Gasteiger partial charge in [-0.05, 0) is 101 Å². The molecular weight excluding hydrogens is 845 g/mol. The molecule has 6 saturated heterocycles. The smallest absolute Gasteiger partial charge is 0.255 e. The minimum Gasteiger partial charge on any atom is -0.385 e. The lowest BCUT2D eigenvalue weighted by Crippen LogP contribution is -2.66. The van der Waals surface area contributed by atoms with Gasteiger partial charge in [0, 0.05) is 105 Å². The molecule has 7 aliphatic rings. The van der Waals surface area contributed by atoms with E-state index in [1.807, 2.05) is 18.2 Å². The quantitative estimate of drug-likeness (QED) is 0.184. The van der Waals surface area contributed by atoms with Crippen molar-refractivity contribution in [2.75, 3.05) is 98.6 Å². The van der Waals surface area contributed by atoms with Gasteiger partial charge < -0.3 is 35.1 Å². The Bertz CT molecular complexity index is 2380. The number of imide groups is 1. The summed E-state index contributed by atoms with van der Waals surface area (Å²) in [5.74, 6) is -0.182. The molecule has 0 radical (unpaired) electrons.